The van der Waals surface area contributed by atoms with Crippen molar-refractivity contribution in [3.8, 4) is 5.69 Å². The Morgan fingerprint density at radius 1 is 1.35 bits per heavy atom. The zero-order chi connectivity index (χ0) is 18.9. The smallest absolute Gasteiger partial charge is 0.257 e. The quantitative estimate of drug-likeness (QED) is 0.871. The van der Waals surface area contributed by atoms with Gasteiger partial charge in [0.15, 0.2) is 9.84 Å². The van der Waals surface area contributed by atoms with Gasteiger partial charge in [-0.15, -0.1) is 0 Å². The van der Waals surface area contributed by atoms with Gasteiger partial charge in [-0.05, 0) is 30.9 Å². The van der Waals surface area contributed by atoms with Crippen LogP contribution in [0.25, 0.3) is 5.69 Å². The summed E-state index contributed by atoms with van der Waals surface area (Å²) in [5.41, 5.74) is 6.74. The summed E-state index contributed by atoms with van der Waals surface area (Å²) in [6.07, 6.45) is 6.23. The van der Waals surface area contributed by atoms with Crippen LogP contribution < -0.4 is 5.73 Å². The minimum atomic E-state index is -3.41. The van der Waals surface area contributed by atoms with Gasteiger partial charge in [-0.25, -0.2) is 13.1 Å². The molecule has 8 heteroatoms. The minimum Gasteiger partial charge on any atom is -0.334 e. The molecular formula is C18H24N4O3S. The highest BCUT2D eigenvalue weighted by molar-refractivity contribution is 7.90. The van der Waals surface area contributed by atoms with E-state index in [1.165, 1.54) is 16.9 Å². The van der Waals surface area contributed by atoms with E-state index in [4.69, 9.17) is 5.73 Å². The maximum atomic E-state index is 12.9. The molecule has 2 atom stereocenters. The molecule has 0 spiro atoms. The fraction of sp³-hybridized carbons (Fsp3) is 0.444. The van der Waals surface area contributed by atoms with Gasteiger partial charge in [0.05, 0.1) is 22.3 Å². The Balaban J connectivity index is 1.93. The van der Waals surface area contributed by atoms with E-state index in [0.717, 1.165) is 19.1 Å². The molecule has 1 fully saturated rings. The van der Waals surface area contributed by atoms with Crippen LogP contribution in [0.2, 0.25) is 0 Å². The second-order valence-corrected chi connectivity index (χ2v) is 8.82. The van der Waals surface area contributed by atoms with Crippen LogP contribution in [-0.2, 0) is 9.84 Å². The molecule has 1 aromatic carbocycles. The first-order chi connectivity index (χ1) is 12.3. The number of sulfone groups is 1. The van der Waals surface area contributed by atoms with Gasteiger partial charge in [-0.3, -0.25) is 4.79 Å². The summed E-state index contributed by atoms with van der Waals surface area (Å²) in [4.78, 5) is 14.9. The molecule has 3 rings (SSSR count). The Kier molecular flexibility index (Phi) is 5.15. The van der Waals surface area contributed by atoms with Crippen molar-refractivity contribution >= 4 is 15.7 Å². The van der Waals surface area contributed by atoms with Crippen molar-refractivity contribution in [3.05, 3.63) is 42.2 Å². The van der Waals surface area contributed by atoms with Gasteiger partial charge in [0.25, 0.3) is 5.91 Å². The zero-order valence-electron chi connectivity index (χ0n) is 15.0. The van der Waals surface area contributed by atoms with Gasteiger partial charge in [0, 0.05) is 31.6 Å². The molecule has 1 aliphatic rings. The molecule has 0 unspecified atom stereocenters. The SMILES string of the molecule is C[C@H]1CCCN(C(=O)c2cnn(-c3ccccc3S(C)(=O)=O)c2)[C@H]1CN. The summed E-state index contributed by atoms with van der Waals surface area (Å²) < 4.78 is 25.4. The molecule has 140 valence electrons. The number of benzene rings is 1. The number of hydrogen-bond donors (Lipinski definition) is 1. The lowest BCUT2D eigenvalue weighted by molar-refractivity contribution is 0.0532. The summed E-state index contributed by atoms with van der Waals surface area (Å²) in [5.74, 6) is 0.244. The number of amides is 1. The molecule has 1 aliphatic heterocycles. The number of nitrogens with two attached hydrogens (primary N) is 1. The third-order valence-corrected chi connectivity index (χ3v) is 6.10. The highest BCUT2D eigenvalue weighted by atomic mass is 32.2. The molecule has 2 aromatic rings. The maximum Gasteiger partial charge on any atom is 0.257 e. The Hall–Kier alpha value is -2.19. The number of likely N-dealkylation sites (tertiary alicyclic amines) is 1. The van der Waals surface area contributed by atoms with Gasteiger partial charge in [-0.1, -0.05) is 19.1 Å². The molecule has 1 aromatic heterocycles. The van der Waals surface area contributed by atoms with Gasteiger partial charge < -0.3 is 10.6 Å². The molecule has 1 amide bonds. The number of rotatable bonds is 4. The highest BCUT2D eigenvalue weighted by Crippen LogP contribution is 2.25. The van der Waals surface area contributed by atoms with Gasteiger partial charge in [-0.2, -0.15) is 5.10 Å². The molecule has 0 aliphatic carbocycles. The lowest BCUT2D eigenvalue weighted by Crippen LogP contribution is -2.51. The Bertz CT molecular complexity index is 907. The van der Waals surface area contributed by atoms with Gasteiger partial charge in [0.1, 0.15) is 0 Å². The number of para-hydroxylation sites is 1. The van der Waals surface area contributed by atoms with Crippen LogP contribution >= 0.6 is 0 Å². The predicted molar refractivity (Wildman–Crippen MR) is 99.0 cm³/mol. The summed E-state index contributed by atoms with van der Waals surface area (Å²) in [7, 11) is -3.41. The number of carbonyl (C=O) groups is 1. The third kappa shape index (κ3) is 3.52. The monoisotopic (exact) mass is 376 g/mol. The molecular weight excluding hydrogens is 352 g/mol. The number of hydrogen-bond acceptors (Lipinski definition) is 5. The normalized spacial score (nSPS) is 21.0. The largest absolute Gasteiger partial charge is 0.334 e. The van der Waals surface area contributed by atoms with Crippen molar-refractivity contribution in [2.24, 2.45) is 11.7 Å². The van der Waals surface area contributed by atoms with Crippen molar-refractivity contribution in [3.63, 3.8) is 0 Å². The van der Waals surface area contributed by atoms with E-state index in [0.29, 0.717) is 30.3 Å². The first kappa shape index (κ1) is 18.6. The fourth-order valence-electron chi connectivity index (χ4n) is 3.55. The fourth-order valence-corrected chi connectivity index (χ4v) is 4.42. The zero-order valence-corrected chi connectivity index (χ0v) is 15.8. The van der Waals surface area contributed by atoms with Crippen molar-refractivity contribution in [1.82, 2.24) is 14.7 Å². The molecule has 2 N–H and O–H groups in total. The first-order valence-corrected chi connectivity index (χ1v) is 10.6. The highest BCUT2D eigenvalue weighted by Gasteiger charge is 2.32. The first-order valence-electron chi connectivity index (χ1n) is 8.68. The lowest BCUT2D eigenvalue weighted by atomic mass is 9.90. The van der Waals surface area contributed by atoms with Crippen molar-refractivity contribution in [2.75, 3.05) is 19.3 Å². The van der Waals surface area contributed by atoms with Crippen LogP contribution in [0.3, 0.4) is 0 Å². The molecule has 2 heterocycles. The van der Waals surface area contributed by atoms with E-state index in [2.05, 4.69) is 12.0 Å². The van der Waals surface area contributed by atoms with Crippen LogP contribution in [0.4, 0.5) is 0 Å². The summed E-state index contributed by atoms with van der Waals surface area (Å²) >= 11 is 0. The average Bonchev–Trinajstić information content (AvgIpc) is 3.10. The number of carbonyl (C=O) groups excluding carboxylic acids is 1. The Labute approximate surface area is 153 Å². The van der Waals surface area contributed by atoms with E-state index in [1.807, 2.05) is 4.90 Å². The van der Waals surface area contributed by atoms with Crippen LogP contribution in [-0.4, -0.2) is 54.4 Å². The summed E-state index contributed by atoms with van der Waals surface area (Å²) in [5, 5.41) is 4.22. The van der Waals surface area contributed by atoms with Crippen LogP contribution in [0.1, 0.15) is 30.1 Å². The van der Waals surface area contributed by atoms with E-state index in [9.17, 15) is 13.2 Å². The maximum absolute atomic E-state index is 12.9. The van der Waals surface area contributed by atoms with Crippen LogP contribution in [0.15, 0.2) is 41.6 Å². The van der Waals surface area contributed by atoms with Crippen molar-refractivity contribution in [2.45, 2.75) is 30.7 Å². The molecule has 26 heavy (non-hydrogen) atoms. The second-order valence-electron chi connectivity index (χ2n) is 6.83. The van der Waals surface area contributed by atoms with Crippen LogP contribution in [0.5, 0.6) is 0 Å². The van der Waals surface area contributed by atoms with Crippen molar-refractivity contribution in [1.29, 1.82) is 0 Å². The number of nitrogens with zero attached hydrogens (tertiary/aromatic N) is 3. The predicted octanol–water partition coefficient (Wildman–Crippen LogP) is 1.48. The van der Waals surface area contributed by atoms with E-state index in [-0.39, 0.29) is 16.8 Å². The molecule has 7 nitrogen and oxygen atoms in total. The third-order valence-electron chi connectivity index (χ3n) is 4.96. The minimum absolute atomic E-state index is 0.0166. The topological polar surface area (TPSA) is 98.3 Å². The molecule has 1 saturated heterocycles. The standard InChI is InChI=1S/C18H24N4O3S/c1-13-6-5-9-21(16(13)10-19)18(23)14-11-20-22(12-14)15-7-3-4-8-17(15)26(2,24)25/h3-4,7-8,11-13,16H,5-6,9-10,19H2,1-2H3/t13-,16-/m0/s1. The summed E-state index contributed by atoms with van der Waals surface area (Å²) in [6, 6.07) is 6.62. The van der Waals surface area contributed by atoms with Gasteiger partial charge in [0.2, 0.25) is 0 Å². The molecule has 0 radical (unpaired) electrons. The number of piperidine rings is 1. The number of aromatic nitrogens is 2. The Morgan fingerprint density at radius 2 is 2.08 bits per heavy atom. The van der Waals surface area contributed by atoms with Gasteiger partial charge >= 0.3 is 0 Å². The molecule has 0 bridgehead atoms. The second kappa shape index (κ2) is 7.20. The Morgan fingerprint density at radius 3 is 2.77 bits per heavy atom. The van der Waals surface area contributed by atoms with Crippen LogP contribution in [0, 0.1) is 5.92 Å². The van der Waals surface area contributed by atoms with Crippen molar-refractivity contribution < 1.29 is 13.2 Å². The molecule has 0 saturated carbocycles. The summed E-state index contributed by atoms with van der Waals surface area (Å²) in [6.45, 7) is 3.22. The van der Waals surface area contributed by atoms with E-state index in [1.54, 1.807) is 24.4 Å². The lowest BCUT2D eigenvalue weighted by Gasteiger charge is -2.39. The average molecular weight is 376 g/mol. The van der Waals surface area contributed by atoms with E-state index < -0.39 is 9.84 Å². The van der Waals surface area contributed by atoms with E-state index >= 15 is 0 Å².